The van der Waals surface area contributed by atoms with Gasteiger partial charge >= 0.3 is 0 Å². The van der Waals surface area contributed by atoms with Gasteiger partial charge in [-0.2, -0.15) is 5.10 Å². The number of furan rings is 1. The van der Waals surface area contributed by atoms with Crippen molar-refractivity contribution in [3.05, 3.63) is 42.6 Å². The van der Waals surface area contributed by atoms with Gasteiger partial charge in [-0.25, -0.2) is 0 Å². The highest BCUT2D eigenvalue weighted by atomic mass is 35.5. The summed E-state index contributed by atoms with van der Waals surface area (Å²) in [5, 5.41) is 7.64. The van der Waals surface area contributed by atoms with Gasteiger partial charge in [0.2, 0.25) is 0 Å². The number of hydrogen-bond donors (Lipinski definition) is 1. The second-order valence-corrected chi connectivity index (χ2v) is 5.47. The van der Waals surface area contributed by atoms with Gasteiger partial charge in [0, 0.05) is 19.4 Å². The number of amides is 1. The Kier molecular flexibility index (Phi) is 5.26. The van der Waals surface area contributed by atoms with Crippen LogP contribution in [0.1, 0.15) is 18.6 Å². The van der Waals surface area contributed by atoms with E-state index < -0.39 is 5.54 Å². The topological polar surface area (TPSA) is 63.3 Å². The number of likely N-dealkylation sites (N-methyl/N-ethyl adjacent to an activating group) is 1. The molecule has 1 fully saturated rings. The van der Waals surface area contributed by atoms with Crippen molar-refractivity contribution in [1.29, 1.82) is 0 Å². The second-order valence-electron chi connectivity index (χ2n) is 5.47. The monoisotopic (exact) mass is 324 g/mol. The molecular weight excluding hydrogens is 304 g/mol. The summed E-state index contributed by atoms with van der Waals surface area (Å²) in [6.07, 6.45) is 6.72. The fourth-order valence-electron chi connectivity index (χ4n) is 2.97. The summed E-state index contributed by atoms with van der Waals surface area (Å²) < 4.78 is 7.15. The Hall–Kier alpha value is -1.79. The van der Waals surface area contributed by atoms with Crippen LogP contribution in [0.15, 0.2) is 41.3 Å². The number of hydrogen-bond acceptors (Lipinski definition) is 4. The number of halogens is 1. The fourth-order valence-corrected chi connectivity index (χ4v) is 2.97. The third-order valence-corrected chi connectivity index (χ3v) is 4.09. The Balaban J connectivity index is 0.00000176. The molecule has 1 N–H and O–H groups in total. The molecular formula is C15H21ClN4O2. The van der Waals surface area contributed by atoms with Crippen LogP contribution >= 0.6 is 12.4 Å². The summed E-state index contributed by atoms with van der Waals surface area (Å²) in [6.45, 7) is 2.11. The van der Waals surface area contributed by atoms with Crippen molar-refractivity contribution in [2.24, 2.45) is 0 Å². The highest BCUT2D eigenvalue weighted by Crippen LogP contribution is 2.29. The van der Waals surface area contributed by atoms with Crippen molar-refractivity contribution in [3.8, 4) is 0 Å². The Labute approximate surface area is 135 Å². The van der Waals surface area contributed by atoms with E-state index in [0.717, 1.165) is 31.7 Å². The van der Waals surface area contributed by atoms with Crippen LogP contribution in [0.5, 0.6) is 0 Å². The zero-order valence-electron chi connectivity index (χ0n) is 12.6. The van der Waals surface area contributed by atoms with Gasteiger partial charge in [0.1, 0.15) is 11.3 Å². The molecule has 0 atom stereocenters. The lowest BCUT2D eigenvalue weighted by Gasteiger charge is -2.39. The van der Waals surface area contributed by atoms with Crippen LogP contribution in [0, 0.1) is 0 Å². The average Bonchev–Trinajstić information content (AvgIpc) is 3.20. The first kappa shape index (κ1) is 16.6. The molecule has 1 aliphatic rings. The van der Waals surface area contributed by atoms with Crippen molar-refractivity contribution in [2.45, 2.75) is 24.9 Å². The maximum atomic E-state index is 13.0. The minimum atomic E-state index is -0.587. The lowest BCUT2D eigenvalue weighted by atomic mass is 9.87. The molecule has 0 spiro atoms. The van der Waals surface area contributed by atoms with E-state index >= 15 is 0 Å². The molecule has 0 radical (unpaired) electrons. The molecule has 3 rings (SSSR count). The Morgan fingerprint density at radius 1 is 1.45 bits per heavy atom. The standard InChI is InChI=1S/C15H20N4O2.ClH/c1-18(12-13-4-2-11-21-13)14(20)15(5-8-16-9-6-15)19-10-3-7-17-19;/h2-4,7,10-11,16H,5-6,8-9,12H2,1H3;1H. The lowest BCUT2D eigenvalue weighted by molar-refractivity contribution is -0.142. The van der Waals surface area contributed by atoms with Crippen molar-refractivity contribution in [2.75, 3.05) is 20.1 Å². The summed E-state index contributed by atoms with van der Waals surface area (Å²) in [7, 11) is 1.82. The molecule has 1 amide bonds. The van der Waals surface area contributed by atoms with Crippen LogP contribution in [0.4, 0.5) is 0 Å². The molecule has 22 heavy (non-hydrogen) atoms. The SMILES string of the molecule is CN(Cc1ccco1)C(=O)C1(n2cccn2)CCNCC1.Cl. The zero-order chi connectivity index (χ0) is 14.7. The Morgan fingerprint density at radius 3 is 2.82 bits per heavy atom. The maximum Gasteiger partial charge on any atom is 0.250 e. The Bertz CT molecular complexity index is 577. The number of nitrogens with one attached hydrogen (secondary N) is 1. The number of carbonyl (C=O) groups is 1. The molecule has 0 unspecified atom stereocenters. The molecule has 0 bridgehead atoms. The lowest BCUT2D eigenvalue weighted by Crippen LogP contribution is -2.54. The molecule has 6 nitrogen and oxygen atoms in total. The minimum absolute atomic E-state index is 0. The molecule has 7 heteroatoms. The Morgan fingerprint density at radius 2 is 2.23 bits per heavy atom. The van der Waals surface area contributed by atoms with Crippen LogP contribution in [0.3, 0.4) is 0 Å². The van der Waals surface area contributed by atoms with E-state index in [4.69, 9.17) is 4.42 Å². The van der Waals surface area contributed by atoms with Crippen molar-refractivity contribution in [3.63, 3.8) is 0 Å². The second kappa shape index (κ2) is 6.98. The van der Waals surface area contributed by atoms with Gasteiger partial charge in [0.15, 0.2) is 0 Å². The summed E-state index contributed by atoms with van der Waals surface area (Å²) in [5.41, 5.74) is -0.587. The highest BCUT2D eigenvalue weighted by Gasteiger charge is 2.43. The van der Waals surface area contributed by atoms with Gasteiger partial charge in [-0.1, -0.05) is 0 Å². The highest BCUT2D eigenvalue weighted by molar-refractivity contribution is 5.85. The van der Waals surface area contributed by atoms with E-state index in [1.165, 1.54) is 0 Å². The van der Waals surface area contributed by atoms with E-state index in [-0.39, 0.29) is 18.3 Å². The number of piperidine rings is 1. The van der Waals surface area contributed by atoms with E-state index in [9.17, 15) is 4.79 Å². The largest absolute Gasteiger partial charge is 0.467 e. The van der Waals surface area contributed by atoms with Gasteiger partial charge in [-0.15, -0.1) is 12.4 Å². The molecule has 0 saturated carbocycles. The summed E-state index contributed by atoms with van der Waals surface area (Å²) in [6, 6.07) is 5.58. The summed E-state index contributed by atoms with van der Waals surface area (Å²) in [5.74, 6) is 0.875. The number of nitrogens with zero attached hydrogens (tertiary/aromatic N) is 3. The molecule has 0 aliphatic carbocycles. The fraction of sp³-hybridized carbons (Fsp3) is 0.467. The van der Waals surface area contributed by atoms with Crippen molar-refractivity contribution >= 4 is 18.3 Å². The number of carbonyl (C=O) groups excluding carboxylic acids is 1. The molecule has 1 saturated heterocycles. The van der Waals surface area contributed by atoms with E-state index in [0.29, 0.717) is 6.54 Å². The molecule has 2 aromatic heterocycles. The van der Waals surface area contributed by atoms with Gasteiger partial charge in [0.25, 0.3) is 5.91 Å². The number of aromatic nitrogens is 2. The smallest absolute Gasteiger partial charge is 0.250 e. The predicted molar refractivity (Wildman–Crippen MR) is 84.7 cm³/mol. The molecule has 120 valence electrons. The minimum Gasteiger partial charge on any atom is -0.467 e. The van der Waals surface area contributed by atoms with Gasteiger partial charge in [-0.3, -0.25) is 9.48 Å². The quantitative estimate of drug-likeness (QED) is 0.928. The van der Waals surface area contributed by atoms with Gasteiger partial charge < -0.3 is 14.6 Å². The molecule has 0 aromatic carbocycles. The first-order valence-electron chi connectivity index (χ1n) is 7.21. The van der Waals surface area contributed by atoms with E-state index in [1.807, 2.05) is 36.1 Å². The average molecular weight is 325 g/mol. The normalized spacial score (nSPS) is 16.8. The van der Waals surface area contributed by atoms with Crippen LogP contribution in [0.2, 0.25) is 0 Å². The van der Waals surface area contributed by atoms with E-state index in [2.05, 4.69) is 10.4 Å². The van der Waals surface area contributed by atoms with Crippen molar-refractivity contribution in [1.82, 2.24) is 20.0 Å². The molecule has 3 heterocycles. The third kappa shape index (κ3) is 3.03. The summed E-state index contributed by atoms with van der Waals surface area (Å²) in [4.78, 5) is 14.8. The number of rotatable bonds is 4. The molecule has 1 aliphatic heterocycles. The van der Waals surface area contributed by atoms with Gasteiger partial charge in [0.05, 0.1) is 12.8 Å². The third-order valence-electron chi connectivity index (χ3n) is 4.09. The van der Waals surface area contributed by atoms with Crippen LogP contribution in [-0.4, -0.2) is 40.7 Å². The first-order chi connectivity index (χ1) is 10.2. The zero-order valence-corrected chi connectivity index (χ0v) is 13.4. The van der Waals surface area contributed by atoms with Crippen molar-refractivity contribution < 1.29 is 9.21 Å². The predicted octanol–water partition coefficient (Wildman–Crippen LogP) is 1.64. The first-order valence-corrected chi connectivity index (χ1v) is 7.21. The molecule has 2 aromatic rings. The van der Waals surface area contributed by atoms with Crippen LogP contribution in [0.25, 0.3) is 0 Å². The maximum absolute atomic E-state index is 13.0. The summed E-state index contributed by atoms with van der Waals surface area (Å²) >= 11 is 0. The van der Waals surface area contributed by atoms with Crippen LogP contribution in [-0.2, 0) is 16.9 Å². The van der Waals surface area contributed by atoms with Gasteiger partial charge in [-0.05, 0) is 44.1 Å². The van der Waals surface area contributed by atoms with E-state index in [1.54, 1.807) is 17.4 Å². The van der Waals surface area contributed by atoms with Crippen LogP contribution < -0.4 is 5.32 Å².